The molecule has 0 aromatic heterocycles. The number of nitrogens with one attached hydrogen (secondary N) is 1. The van der Waals surface area contributed by atoms with Gasteiger partial charge in [0.15, 0.2) is 0 Å². The van der Waals surface area contributed by atoms with Crippen molar-refractivity contribution in [3.05, 3.63) is 0 Å². The first kappa shape index (κ1) is 12.3. The molecule has 1 N–H and O–H groups in total. The Bertz CT molecular complexity index is 196. The summed E-state index contributed by atoms with van der Waals surface area (Å²) in [5, 5.41) is 2.93. The summed E-state index contributed by atoms with van der Waals surface area (Å²) in [6, 6.07) is 0.0270. The third-order valence-electron chi connectivity index (χ3n) is 3.37. The molecule has 0 unspecified atom stereocenters. The fourth-order valence-corrected chi connectivity index (χ4v) is 2.16. The number of hydrogen-bond acceptors (Lipinski definition) is 1. The van der Waals surface area contributed by atoms with Gasteiger partial charge < -0.3 is 10.2 Å². The zero-order valence-corrected chi connectivity index (χ0v) is 10.3. The summed E-state index contributed by atoms with van der Waals surface area (Å²) in [5.74, 6) is 1.75. The molecule has 3 heteroatoms. The number of amides is 2. The van der Waals surface area contributed by atoms with Gasteiger partial charge in [-0.15, -0.1) is 0 Å². The lowest BCUT2D eigenvalue weighted by molar-refractivity contribution is 0.214. The van der Waals surface area contributed by atoms with E-state index in [0.29, 0.717) is 0 Å². The monoisotopic (exact) mass is 212 g/mol. The van der Waals surface area contributed by atoms with Crippen molar-refractivity contribution in [3.8, 4) is 0 Å². The molecule has 88 valence electrons. The molecule has 0 atom stereocenters. The smallest absolute Gasteiger partial charge is 0.316 e. The Hall–Kier alpha value is -0.730. The molecule has 0 heterocycles. The van der Waals surface area contributed by atoms with Crippen LogP contribution in [0.25, 0.3) is 0 Å². The van der Waals surface area contributed by atoms with Gasteiger partial charge in [-0.25, -0.2) is 4.79 Å². The molecule has 1 saturated carbocycles. The van der Waals surface area contributed by atoms with E-state index in [9.17, 15) is 4.79 Å². The molecule has 0 spiro atoms. The largest absolute Gasteiger partial charge is 0.338 e. The number of rotatable bonds is 3. The van der Waals surface area contributed by atoms with Crippen LogP contribution in [0.3, 0.4) is 0 Å². The summed E-state index contributed by atoms with van der Waals surface area (Å²) in [6.45, 7) is 3.17. The Balaban J connectivity index is 2.08. The van der Waals surface area contributed by atoms with Gasteiger partial charge in [-0.05, 0) is 18.3 Å². The minimum Gasteiger partial charge on any atom is -0.338 e. The molecule has 0 radical (unpaired) electrons. The normalized spacial score (nSPS) is 26.1. The third kappa shape index (κ3) is 4.54. The topological polar surface area (TPSA) is 32.3 Å². The molecule has 1 fully saturated rings. The highest BCUT2D eigenvalue weighted by Gasteiger charge is 2.17. The maximum atomic E-state index is 11.3. The molecule has 0 aromatic carbocycles. The van der Waals surface area contributed by atoms with Crippen LogP contribution < -0.4 is 5.32 Å². The maximum Gasteiger partial charge on any atom is 0.316 e. The van der Waals surface area contributed by atoms with Gasteiger partial charge in [-0.3, -0.25) is 0 Å². The summed E-state index contributed by atoms with van der Waals surface area (Å²) < 4.78 is 0. The minimum absolute atomic E-state index is 0.0270. The van der Waals surface area contributed by atoms with Crippen molar-refractivity contribution in [2.45, 2.75) is 39.0 Å². The predicted octanol–water partition coefficient (Wildman–Crippen LogP) is 2.47. The van der Waals surface area contributed by atoms with Crippen LogP contribution in [0.15, 0.2) is 0 Å². The average Bonchev–Trinajstić information content (AvgIpc) is 2.20. The van der Waals surface area contributed by atoms with Crippen LogP contribution in [-0.4, -0.2) is 31.6 Å². The minimum atomic E-state index is 0.0270. The van der Waals surface area contributed by atoms with Crippen molar-refractivity contribution < 1.29 is 4.79 Å². The second-order valence-electron chi connectivity index (χ2n) is 5.04. The molecule has 0 aromatic rings. The summed E-state index contributed by atoms with van der Waals surface area (Å²) in [5.41, 5.74) is 0. The van der Waals surface area contributed by atoms with Crippen LogP contribution in [0.4, 0.5) is 4.79 Å². The van der Waals surface area contributed by atoms with Gasteiger partial charge in [0.25, 0.3) is 0 Å². The summed E-state index contributed by atoms with van der Waals surface area (Å²) in [4.78, 5) is 12.8. The number of urea groups is 1. The zero-order valence-electron chi connectivity index (χ0n) is 10.3. The van der Waals surface area contributed by atoms with Crippen molar-refractivity contribution in [3.63, 3.8) is 0 Å². The number of carbonyl (C=O) groups is 1. The lowest BCUT2D eigenvalue weighted by Crippen LogP contribution is -2.35. The number of carbonyl (C=O) groups excluding carboxylic acids is 1. The lowest BCUT2D eigenvalue weighted by atomic mass is 9.81. The highest BCUT2D eigenvalue weighted by molar-refractivity contribution is 5.73. The molecule has 1 rings (SSSR count). The lowest BCUT2D eigenvalue weighted by Gasteiger charge is -2.26. The van der Waals surface area contributed by atoms with Gasteiger partial charge >= 0.3 is 6.03 Å². The van der Waals surface area contributed by atoms with E-state index >= 15 is 0 Å². The van der Waals surface area contributed by atoms with Crippen LogP contribution in [0.2, 0.25) is 0 Å². The highest BCUT2D eigenvalue weighted by Crippen LogP contribution is 2.29. The molecule has 2 amide bonds. The quantitative estimate of drug-likeness (QED) is 0.766. The van der Waals surface area contributed by atoms with Crippen LogP contribution in [0.1, 0.15) is 39.0 Å². The second-order valence-corrected chi connectivity index (χ2v) is 5.04. The molecule has 0 bridgehead atoms. The standard InChI is InChI=1S/C12H24N2O/c1-10-4-6-11(7-5-10)8-9-13-12(15)14(2)3/h10-11H,4-9H2,1-3H3,(H,13,15). The van der Waals surface area contributed by atoms with E-state index in [0.717, 1.165) is 24.8 Å². The van der Waals surface area contributed by atoms with Gasteiger partial charge in [0.1, 0.15) is 0 Å². The highest BCUT2D eigenvalue weighted by atomic mass is 16.2. The van der Waals surface area contributed by atoms with Crippen molar-refractivity contribution >= 4 is 6.03 Å². The van der Waals surface area contributed by atoms with Gasteiger partial charge in [-0.2, -0.15) is 0 Å². The molecule has 0 aliphatic heterocycles. The van der Waals surface area contributed by atoms with Crippen LogP contribution in [0, 0.1) is 11.8 Å². The van der Waals surface area contributed by atoms with E-state index in [2.05, 4.69) is 12.2 Å². The van der Waals surface area contributed by atoms with E-state index in [1.807, 2.05) is 0 Å². The molecule has 15 heavy (non-hydrogen) atoms. The first-order valence-electron chi connectivity index (χ1n) is 6.04. The molecule has 0 saturated heterocycles. The van der Waals surface area contributed by atoms with Crippen LogP contribution >= 0.6 is 0 Å². The first-order chi connectivity index (χ1) is 7.09. The number of hydrogen-bond donors (Lipinski definition) is 1. The fourth-order valence-electron chi connectivity index (χ4n) is 2.16. The van der Waals surface area contributed by atoms with Crippen molar-refractivity contribution in [2.24, 2.45) is 11.8 Å². The second kappa shape index (κ2) is 5.99. The Kier molecular flexibility index (Phi) is 4.92. The fraction of sp³-hybridized carbons (Fsp3) is 0.917. The Morgan fingerprint density at radius 1 is 1.27 bits per heavy atom. The summed E-state index contributed by atoms with van der Waals surface area (Å²) >= 11 is 0. The maximum absolute atomic E-state index is 11.3. The molecule has 1 aliphatic rings. The Morgan fingerprint density at radius 2 is 1.87 bits per heavy atom. The Morgan fingerprint density at radius 3 is 2.40 bits per heavy atom. The first-order valence-corrected chi connectivity index (χ1v) is 6.04. The van der Waals surface area contributed by atoms with Crippen molar-refractivity contribution in [1.29, 1.82) is 0 Å². The average molecular weight is 212 g/mol. The van der Waals surface area contributed by atoms with Gasteiger partial charge in [-0.1, -0.05) is 32.6 Å². The van der Waals surface area contributed by atoms with Gasteiger partial charge in [0, 0.05) is 20.6 Å². The SMILES string of the molecule is CC1CCC(CCNC(=O)N(C)C)CC1. The summed E-state index contributed by atoms with van der Waals surface area (Å²) in [6.07, 6.45) is 6.57. The summed E-state index contributed by atoms with van der Waals surface area (Å²) in [7, 11) is 3.55. The third-order valence-corrected chi connectivity index (χ3v) is 3.37. The van der Waals surface area contributed by atoms with Gasteiger partial charge in [0.05, 0.1) is 0 Å². The molecule has 3 nitrogen and oxygen atoms in total. The molecule has 1 aliphatic carbocycles. The van der Waals surface area contributed by atoms with Crippen LogP contribution in [0.5, 0.6) is 0 Å². The molecular weight excluding hydrogens is 188 g/mol. The van der Waals surface area contributed by atoms with Crippen molar-refractivity contribution in [2.75, 3.05) is 20.6 Å². The van der Waals surface area contributed by atoms with E-state index < -0.39 is 0 Å². The van der Waals surface area contributed by atoms with E-state index in [1.54, 1.807) is 19.0 Å². The van der Waals surface area contributed by atoms with Crippen LogP contribution in [-0.2, 0) is 0 Å². The van der Waals surface area contributed by atoms with E-state index in [-0.39, 0.29) is 6.03 Å². The van der Waals surface area contributed by atoms with Crippen molar-refractivity contribution in [1.82, 2.24) is 10.2 Å². The van der Waals surface area contributed by atoms with E-state index in [1.165, 1.54) is 25.7 Å². The Labute approximate surface area is 93.2 Å². The zero-order chi connectivity index (χ0) is 11.3. The van der Waals surface area contributed by atoms with E-state index in [4.69, 9.17) is 0 Å². The molecular formula is C12H24N2O. The number of nitrogens with zero attached hydrogens (tertiary/aromatic N) is 1. The van der Waals surface area contributed by atoms with Gasteiger partial charge in [0.2, 0.25) is 0 Å². The predicted molar refractivity (Wildman–Crippen MR) is 62.8 cm³/mol.